The largest absolute Gasteiger partial charge is 0.377 e. The third kappa shape index (κ3) is 2.57. The molecule has 0 aliphatic rings. The lowest BCUT2D eigenvalue weighted by atomic mass is 10.3. The van der Waals surface area contributed by atoms with Crippen LogP contribution in [-0.4, -0.2) is 9.55 Å². The number of imidazole rings is 1. The smallest absolute Gasteiger partial charge is 0.127 e. The quantitative estimate of drug-likeness (QED) is 0.941. The molecule has 0 saturated heterocycles. The van der Waals surface area contributed by atoms with Gasteiger partial charge in [0.25, 0.3) is 0 Å². The fraction of sp³-hybridized carbons (Fsp3) is 0.182. The zero-order valence-corrected chi connectivity index (χ0v) is 11.1. The molecule has 0 radical (unpaired) electrons. The van der Waals surface area contributed by atoms with Gasteiger partial charge < -0.3 is 9.88 Å². The van der Waals surface area contributed by atoms with Gasteiger partial charge in [-0.05, 0) is 18.2 Å². The van der Waals surface area contributed by atoms with Gasteiger partial charge in [-0.3, -0.25) is 0 Å². The highest BCUT2D eigenvalue weighted by Gasteiger charge is 2.03. The summed E-state index contributed by atoms with van der Waals surface area (Å²) in [7, 11) is 1.96. The molecule has 0 unspecified atom stereocenters. The Hall–Kier alpha value is -1.000. The number of benzene rings is 1. The molecule has 2 rings (SSSR count). The molecule has 3 nitrogen and oxygen atoms in total. The Morgan fingerprint density at radius 2 is 2.31 bits per heavy atom. The first kappa shape index (κ1) is 11.5. The maximum Gasteiger partial charge on any atom is 0.127 e. The Balaban J connectivity index is 2.10. The van der Waals surface area contributed by atoms with E-state index < -0.39 is 0 Å². The lowest BCUT2D eigenvalue weighted by Gasteiger charge is -2.08. The Kier molecular flexibility index (Phi) is 3.51. The Bertz CT molecular complexity index is 496. The first-order valence-electron chi connectivity index (χ1n) is 4.82. The minimum absolute atomic E-state index is 0.652. The summed E-state index contributed by atoms with van der Waals surface area (Å²) in [5, 5.41) is 3.96. The highest BCUT2D eigenvalue weighted by molar-refractivity contribution is 9.10. The molecule has 2 aromatic rings. The average Bonchev–Trinajstić information content (AvgIpc) is 2.66. The SMILES string of the molecule is Cn1ccnc1CNc1cc(Br)ccc1Cl. The van der Waals surface area contributed by atoms with Crippen LogP contribution in [-0.2, 0) is 13.6 Å². The molecule has 0 aliphatic heterocycles. The van der Waals surface area contributed by atoms with E-state index in [2.05, 4.69) is 26.2 Å². The molecule has 1 N–H and O–H groups in total. The minimum atomic E-state index is 0.652. The van der Waals surface area contributed by atoms with Crippen LogP contribution in [0.15, 0.2) is 35.1 Å². The van der Waals surface area contributed by atoms with Crippen molar-refractivity contribution in [2.24, 2.45) is 7.05 Å². The Labute approximate surface area is 108 Å². The fourth-order valence-electron chi connectivity index (χ4n) is 1.37. The van der Waals surface area contributed by atoms with E-state index in [4.69, 9.17) is 11.6 Å². The van der Waals surface area contributed by atoms with Crippen molar-refractivity contribution in [3.05, 3.63) is 45.9 Å². The average molecular weight is 301 g/mol. The number of aromatic nitrogens is 2. The van der Waals surface area contributed by atoms with Gasteiger partial charge >= 0.3 is 0 Å². The van der Waals surface area contributed by atoms with Gasteiger partial charge in [-0.25, -0.2) is 4.98 Å². The fourth-order valence-corrected chi connectivity index (χ4v) is 1.92. The summed E-state index contributed by atoms with van der Waals surface area (Å²) < 4.78 is 2.97. The normalized spacial score (nSPS) is 10.4. The van der Waals surface area contributed by atoms with Gasteiger partial charge in [0.1, 0.15) is 5.82 Å². The molecule has 0 atom stereocenters. The van der Waals surface area contributed by atoms with E-state index in [-0.39, 0.29) is 0 Å². The van der Waals surface area contributed by atoms with E-state index in [1.807, 2.05) is 36.0 Å². The number of nitrogens with one attached hydrogen (secondary N) is 1. The lowest BCUT2D eigenvalue weighted by molar-refractivity contribution is 0.813. The number of rotatable bonds is 3. The molecule has 0 aliphatic carbocycles. The number of hydrogen-bond donors (Lipinski definition) is 1. The third-order valence-electron chi connectivity index (χ3n) is 2.29. The maximum atomic E-state index is 6.07. The third-order valence-corrected chi connectivity index (χ3v) is 3.11. The molecule has 0 saturated carbocycles. The molecule has 1 aromatic carbocycles. The molecule has 16 heavy (non-hydrogen) atoms. The van der Waals surface area contributed by atoms with E-state index in [0.717, 1.165) is 16.0 Å². The second-order valence-corrected chi connectivity index (χ2v) is 4.75. The highest BCUT2D eigenvalue weighted by Crippen LogP contribution is 2.25. The monoisotopic (exact) mass is 299 g/mol. The summed E-state index contributed by atoms with van der Waals surface area (Å²) in [4.78, 5) is 4.23. The van der Waals surface area contributed by atoms with Crippen LogP contribution in [0.1, 0.15) is 5.82 Å². The van der Waals surface area contributed by atoms with Crippen molar-refractivity contribution < 1.29 is 0 Å². The number of anilines is 1. The van der Waals surface area contributed by atoms with Crippen LogP contribution in [0.2, 0.25) is 5.02 Å². The first-order valence-corrected chi connectivity index (χ1v) is 5.99. The summed E-state index contributed by atoms with van der Waals surface area (Å²) in [6, 6.07) is 5.71. The lowest BCUT2D eigenvalue weighted by Crippen LogP contribution is -2.05. The Morgan fingerprint density at radius 1 is 1.50 bits per heavy atom. The molecule has 1 aromatic heterocycles. The van der Waals surface area contributed by atoms with Gasteiger partial charge in [0.15, 0.2) is 0 Å². The zero-order valence-electron chi connectivity index (χ0n) is 8.74. The first-order chi connectivity index (χ1) is 7.66. The van der Waals surface area contributed by atoms with Crippen LogP contribution in [0.4, 0.5) is 5.69 Å². The van der Waals surface area contributed by atoms with E-state index in [1.165, 1.54) is 0 Å². The van der Waals surface area contributed by atoms with Crippen molar-refractivity contribution >= 4 is 33.2 Å². The van der Waals surface area contributed by atoms with Crippen molar-refractivity contribution in [2.75, 3.05) is 5.32 Å². The minimum Gasteiger partial charge on any atom is -0.377 e. The summed E-state index contributed by atoms with van der Waals surface area (Å²) >= 11 is 9.48. The number of hydrogen-bond acceptors (Lipinski definition) is 2. The zero-order chi connectivity index (χ0) is 11.5. The summed E-state index contributed by atoms with van der Waals surface area (Å²) in [6.07, 6.45) is 3.69. The second kappa shape index (κ2) is 4.89. The van der Waals surface area contributed by atoms with Crippen LogP contribution in [0, 0.1) is 0 Å². The van der Waals surface area contributed by atoms with E-state index >= 15 is 0 Å². The topological polar surface area (TPSA) is 29.9 Å². The molecule has 5 heteroatoms. The van der Waals surface area contributed by atoms with Crippen LogP contribution < -0.4 is 5.32 Å². The van der Waals surface area contributed by atoms with Crippen LogP contribution >= 0.6 is 27.5 Å². The molecule has 0 spiro atoms. The maximum absolute atomic E-state index is 6.07. The van der Waals surface area contributed by atoms with Gasteiger partial charge in [0.2, 0.25) is 0 Å². The predicted molar refractivity (Wildman–Crippen MR) is 69.7 cm³/mol. The van der Waals surface area contributed by atoms with Gasteiger partial charge in [0, 0.05) is 23.9 Å². The van der Waals surface area contributed by atoms with Gasteiger partial charge in [-0.1, -0.05) is 27.5 Å². The van der Waals surface area contributed by atoms with Gasteiger partial charge in [-0.15, -0.1) is 0 Å². The summed E-state index contributed by atoms with van der Waals surface area (Å²) in [5.41, 5.74) is 0.902. The van der Waals surface area contributed by atoms with Crippen molar-refractivity contribution in [3.63, 3.8) is 0 Å². The molecule has 0 fully saturated rings. The standard InChI is InChI=1S/C11H11BrClN3/c1-16-5-4-14-11(16)7-15-10-6-8(12)2-3-9(10)13/h2-6,15H,7H2,1H3. The van der Waals surface area contributed by atoms with Crippen LogP contribution in [0.3, 0.4) is 0 Å². The Morgan fingerprint density at radius 3 is 3.00 bits per heavy atom. The molecular weight excluding hydrogens is 289 g/mol. The van der Waals surface area contributed by atoms with Gasteiger partial charge in [-0.2, -0.15) is 0 Å². The van der Waals surface area contributed by atoms with Crippen molar-refractivity contribution in [3.8, 4) is 0 Å². The summed E-state index contributed by atoms with van der Waals surface area (Å²) in [5.74, 6) is 0.969. The van der Waals surface area contributed by atoms with Crippen molar-refractivity contribution in [1.82, 2.24) is 9.55 Å². The van der Waals surface area contributed by atoms with Crippen LogP contribution in [0.5, 0.6) is 0 Å². The van der Waals surface area contributed by atoms with Crippen molar-refractivity contribution in [2.45, 2.75) is 6.54 Å². The number of halogens is 2. The van der Waals surface area contributed by atoms with Crippen LogP contribution in [0.25, 0.3) is 0 Å². The number of aryl methyl sites for hydroxylation is 1. The predicted octanol–water partition coefficient (Wildman–Crippen LogP) is 3.45. The van der Waals surface area contributed by atoms with Gasteiger partial charge in [0.05, 0.1) is 17.3 Å². The van der Waals surface area contributed by atoms with Crippen molar-refractivity contribution in [1.29, 1.82) is 0 Å². The molecule has 1 heterocycles. The van der Waals surface area contributed by atoms with E-state index in [0.29, 0.717) is 11.6 Å². The molecule has 0 amide bonds. The van der Waals surface area contributed by atoms with E-state index in [1.54, 1.807) is 6.20 Å². The summed E-state index contributed by atoms with van der Waals surface area (Å²) in [6.45, 7) is 0.652. The molecule has 0 bridgehead atoms. The molecule has 84 valence electrons. The number of nitrogens with zero attached hydrogens (tertiary/aromatic N) is 2. The second-order valence-electron chi connectivity index (χ2n) is 3.43. The highest BCUT2D eigenvalue weighted by atomic mass is 79.9. The van der Waals surface area contributed by atoms with E-state index in [9.17, 15) is 0 Å². The molecular formula is C11H11BrClN3.